The molecule has 0 aromatic carbocycles. The number of nitrogens with one attached hydrogen (secondary N) is 2. The molecular weight excluding hydrogens is 260 g/mol. The van der Waals surface area contributed by atoms with Crippen molar-refractivity contribution in [2.45, 2.75) is 18.6 Å². The highest BCUT2D eigenvalue weighted by Crippen LogP contribution is 1.99. The average Bonchev–Trinajstić information content (AvgIpc) is 2.36. The lowest BCUT2D eigenvalue weighted by atomic mass is 10.2. The summed E-state index contributed by atoms with van der Waals surface area (Å²) in [6.45, 7) is 1.44. The summed E-state index contributed by atoms with van der Waals surface area (Å²) in [7, 11) is 0. The van der Waals surface area contributed by atoms with Crippen molar-refractivity contribution in [3.63, 3.8) is 0 Å². The molecule has 1 saturated heterocycles. The molecule has 1 heterocycles. The second kappa shape index (κ2) is 7.54. The van der Waals surface area contributed by atoms with Gasteiger partial charge in [0, 0.05) is 6.54 Å². The maximum absolute atomic E-state index is 11.4. The maximum atomic E-state index is 11.4. The summed E-state index contributed by atoms with van der Waals surface area (Å²) < 4.78 is 10.4. The Morgan fingerprint density at radius 3 is 2.53 bits per heavy atom. The molecule has 2 amide bonds. The molecule has 0 aromatic heterocycles. The second-order valence-corrected chi connectivity index (χ2v) is 3.91. The van der Waals surface area contributed by atoms with E-state index in [1.807, 2.05) is 0 Å². The van der Waals surface area contributed by atoms with Gasteiger partial charge >= 0.3 is 18.0 Å². The van der Waals surface area contributed by atoms with Gasteiger partial charge in [-0.25, -0.2) is 9.59 Å². The van der Waals surface area contributed by atoms with E-state index in [0.717, 1.165) is 0 Å². The molecule has 0 radical (unpaired) electrons. The largest absolute Gasteiger partial charge is 0.481 e. The topological polar surface area (TPSA) is 134 Å². The smallest absolute Gasteiger partial charge is 0.326 e. The van der Waals surface area contributed by atoms with Crippen LogP contribution in [-0.2, 0) is 19.1 Å². The number of carbonyl (C=O) groups is 3. The minimum Gasteiger partial charge on any atom is -0.481 e. The van der Waals surface area contributed by atoms with Gasteiger partial charge in [-0.3, -0.25) is 4.79 Å². The molecule has 1 fully saturated rings. The van der Waals surface area contributed by atoms with E-state index in [2.05, 4.69) is 10.6 Å². The SMILES string of the molecule is O=C(O)C[C@H](NC(=O)NCC1COCCO1)C(=O)O. The molecule has 9 heteroatoms. The molecule has 0 aromatic rings. The number of aliphatic carboxylic acids is 2. The molecule has 1 rings (SSSR count). The Labute approximate surface area is 108 Å². The summed E-state index contributed by atoms with van der Waals surface area (Å²) in [4.78, 5) is 32.6. The van der Waals surface area contributed by atoms with Crippen molar-refractivity contribution >= 4 is 18.0 Å². The fourth-order valence-electron chi connectivity index (χ4n) is 1.44. The van der Waals surface area contributed by atoms with E-state index in [1.54, 1.807) is 0 Å². The Kier molecular flexibility index (Phi) is 6.03. The third-order valence-corrected chi connectivity index (χ3v) is 2.36. The minimum absolute atomic E-state index is 0.158. The van der Waals surface area contributed by atoms with E-state index < -0.39 is 30.4 Å². The number of carbonyl (C=O) groups excluding carboxylic acids is 1. The van der Waals surface area contributed by atoms with Gasteiger partial charge in [-0.2, -0.15) is 0 Å². The van der Waals surface area contributed by atoms with Crippen LogP contribution in [0.5, 0.6) is 0 Å². The molecule has 0 bridgehead atoms. The summed E-state index contributed by atoms with van der Waals surface area (Å²) in [6, 6.07) is -2.23. The first-order chi connectivity index (χ1) is 8.99. The lowest BCUT2D eigenvalue weighted by Crippen LogP contribution is -2.49. The fourth-order valence-corrected chi connectivity index (χ4v) is 1.44. The standard InChI is InChI=1S/C10H16N2O7/c13-8(14)3-7(9(15)16)12-10(17)11-4-6-5-18-1-2-19-6/h6-7H,1-5H2,(H,13,14)(H,15,16)(H2,11,12,17)/t6?,7-/m0/s1. The van der Waals surface area contributed by atoms with Crippen molar-refractivity contribution in [3.8, 4) is 0 Å². The maximum Gasteiger partial charge on any atom is 0.326 e. The highest BCUT2D eigenvalue weighted by Gasteiger charge is 2.23. The lowest BCUT2D eigenvalue weighted by Gasteiger charge is -2.23. The number of carboxylic acid groups (broad SMARTS) is 2. The summed E-state index contributed by atoms with van der Waals surface area (Å²) in [6.07, 6.45) is -0.978. The molecule has 9 nitrogen and oxygen atoms in total. The van der Waals surface area contributed by atoms with Gasteiger partial charge in [-0.1, -0.05) is 0 Å². The Bertz CT molecular complexity index is 341. The zero-order valence-electron chi connectivity index (χ0n) is 10.1. The Morgan fingerprint density at radius 1 is 1.26 bits per heavy atom. The van der Waals surface area contributed by atoms with Crippen molar-refractivity contribution in [1.82, 2.24) is 10.6 Å². The number of hydrogen-bond donors (Lipinski definition) is 4. The van der Waals surface area contributed by atoms with Gasteiger partial charge in [0.25, 0.3) is 0 Å². The molecule has 0 aliphatic carbocycles. The number of amides is 2. The van der Waals surface area contributed by atoms with Crippen molar-refractivity contribution < 1.29 is 34.1 Å². The third-order valence-electron chi connectivity index (χ3n) is 2.36. The van der Waals surface area contributed by atoms with Gasteiger partial charge in [0.15, 0.2) is 0 Å². The molecule has 0 saturated carbocycles. The van der Waals surface area contributed by atoms with Crippen LogP contribution in [-0.4, -0.2) is 66.7 Å². The predicted molar refractivity (Wildman–Crippen MR) is 60.8 cm³/mol. The van der Waals surface area contributed by atoms with Gasteiger partial charge in [-0.15, -0.1) is 0 Å². The van der Waals surface area contributed by atoms with Gasteiger partial charge in [0.2, 0.25) is 0 Å². The van der Waals surface area contributed by atoms with Gasteiger partial charge in [0.05, 0.1) is 32.3 Å². The monoisotopic (exact) mass is 276 g/mol. The van der Waals surface area contributed by atoms with E-state index in [0.29, 0.717) is 19.8 Å². The number of rotatable bonds is 6. The van der Waals surface area contributed by atoms with E-state index in [9.17, 15) is 14.4 Å². The predicted octanol–water partition coefficient (Wildman–Crippen LogP) is -1.37. The Morgan fingerprint density at radius 2 is 2.00 bits per heavy atom. The highest BCUT2D eigenvalue weighted by molar-refractivity contribution is 5.86. The summed E-state index contributed by atoms with van der Waals surface area (Å²) in [5.41, 5.74) is 0. The van der Waals surface area contributed by atoms with Crippen LogP contribution in [0.3, 0.4) is 0 Å². The van der Waals surface area contributed by atoms with E-state index in [1.165, 1.54) is 0 Å². The number of carboxylic acids is 2. The zero-order chi connectivity index (χ0) is 14.3. The minimum atomic E-state index is -1.47. The Hall–Kier alpha value is -1.87. The molecule has 4 N–H and O–H groups in total. The van der Waals surface area contributed by atoms with Crippen LogP contribution in [0.2, 0.25) is 0 Å². The number of ether oxygens (including phenoxy) is 2. The quantitative estimate of drug-likeness (QED) is 0.470. The number of urea groups is 1. The fraction of sp³-hybridized carbons (Fsp3) is 0.700. The summed E-state index contributed by atoms with van der Waals surface area (Å²) >= 11 is 0. The van der Waals surface area contributed by atoms with E-state index in [4.69, 9.17) is 19.7 Å². The van der Waals surface area contributed by atoms with Crippen molar-refractivity contribution in [2.75, 3.05) is 26.4 Å². The van der Waals surface area contributed by atoms with Crippen LogP contribution in [0.15, 0.2) is 0 Å². The highest BCUT2D eigenvalue weighted by atomic mass is 16.6. The Balaban J connectivity index is 2.31. The normalized spacial score (nSPS) is 20.3. The van der Waals surface area contributed by atoms with Gasteiger partial charge < -0.3 is 30.3 Å². The lowest BCUT2D eigenvalue weighted by molar-refractivity contribution is -0.145. The average molecular weight is 276 g/mol. The van der Waals surface area contributed by atoms with Gasteiger partial charge in [0.1, 0.15) is 6.04 Å². The van der Waals surface area contributed by atoms with E-state index >= 15 is 0 Å². The number of hydrogen-bond acceptors (Lipinski definition) is 5. The molecule has 2 atom stereocenters. The molecule has 1 aliphatic rings. The van der Waals surface area contributed by atoms with Crippen LogP contribution >= 0.6 is 0 Å². The zero-order valence-corrected chi connectivity index (χ0v) is 10.1. The van der Waals surface area contributed by atoms with Crippen molar-refractivity contribution in [3.05, 3.63) is 0 Å². The third kappa shape index (κ3) is 6.02. The molecule has 108 valence electrons. The molecule has 0 spiro atoms. The molecule has 1 aliphatic heterocycles. The summed E-state index contributed by atoms with van der Waals surface area (Å²) in [5.74, 6) is -2.72. The van der Waals surface area contributed by atoms with Crippen LogP contribution in [0, 0.1) is 0 Å². The van der Waals surface area contributed by atoms with Crippen molar-refractivity contribution in [1.29, 1.82) is 0 Å². The van der Waals surface area contributed by atoms with Crippen LogP contribution < -0.4 is 10.6 Å². The molecule has 19 heavy (non-hydrogen) atoms. The second-order valence-electron chi connectivity index (χ2n) is 3.91. The van der Waals surface area contributed by atoms with Crippen LogP contribution in [0.25, 0.3) is 0 Å². The van der Waals surface area contributed by atoms with Crippen LogP contribution in [0.4, 0.5) is 4.79 Å². The first-order valence-electron chi connectivity index (χ1n) is 5.67. The van der Waals surface area contributed by atoms with Crippen molar-refractivity contribution in [2.24, 2.45) is 0 Å². The first kappa shape index (κ1) is 15.2. The van der Waals surface area contributed by atoms with E-state index in [-0.39, 0.29) is 12.6 Å². The molecule has 1 unspecified atom stereocenters. The van der Waals surface area contributed by atoms with Crippen LogP contribution in [0.1, 0.15) is 6.42 Å². The summed E-state index contributed by atoms with van der Waals surface area (Å²) in [5, 5.41) is 21.7. The first-order valence-corrected chi connectivity index (χ1v) is 5.67. The van der Waals surface area contributed by atoms with Gasteiger partial charge in [-0.05, 0) is 0 Å². The molecular formula is C10H16N2O7.